The molecule has 132 valence electrons. The third-order valence-corrected chi connectivity index (χ3v) is 4.77. The number of nitrogens with one attached hydrogen (secondary N) is 3. The van der Waals surface area contributed by atoms with Crippen LogP contribution >= 0.6 is 28.3 Å². The van der Waals surface area contributed by atoms with Crippen molar-refractivity contribution >= 4 is 51.2 Å². The Hall–Kier alpha value is -1.90. The van der Waals surface area contributed by atoms with Crippen molar-refractivity contribution in [3.8, 4) is 0 Å². The van der Waals surface area contributed by atoms with Gasteiger partial charge in [-0.2, -0.15) is 5.10 Å². The predicted octanol–water partition coefficient (Wildman–Crippen LogP) is 2.86. The van der Waals surface area contributed by atoms with Gasteiger partial charge in [0.2, 0.25) is 5.95 Å². The fourth-order valence-electron chi connectivity index (χ4n) is 3.09. The maximum atomic E-state index is 12.7. The van der Waals surface area contributed by atoms with Crippen molar-refractivity contribution in [2.45, 2.75) is 26.4 Å². The second kappa shape index (κ2) is 7.15. The molecule has 4 rings (SSSR count). The Balaban J connectivity index is 0.00000182. The van der Waals surface area contributed by atoms with Gasteiger partial charge in [0.05, 0.1) is 11.0 Å². The maximum absolute atomic E-state index is 12.7. The molecule has 9 heteroatoms. The van der Waals surface area contributed by atoms with Gasteiger partial charge in [-0.1, -0.05) is 15.9 Å². The molecule has 3 heterocycles. The number of aryl methyl sites for hydroxylation is 1. The van der Waals surface area contributed by atoms with E-state index >= 15 is 0 Å². The van der Waals surface area contributed by atoms with E-state index in [0.717, 1.165) is 39.7 Å². The highest BCUT2D eigenvalue weighted by Crippen LogP contribution is 2.24. The summed E-state index contributed by atoms with van der Waals surface area (Å²) in [5, 5.41) is 13.3. The van der Waals surface area contributed by atoms with Crippen molar-refractivity contribution in [3.63, 3.8) is 0 Å². The molecule has 0 unspecified atom stereocenters. The Bertz CT molecular complexity index is 934. The van der Waals surface area contributed by atoms with Gasteiger partial charge in [0.1, 0.15) is 0 Å². The van der Waals surface area contributed by atoms with Crippen LogP contribution in [0, 0.1) is 0 Å². The standard InChI is InChI=1S/C16H17BrN6O.ClH/c1-2-23-13-7-9(17)3-4-12(13)19-16(23)20-15(24)14-10-8-18-6-5-11(10)21-22-14;/h3-4,7,18H,2,5-6,8H2,1H3,(H,21,22)(H,19,20,24);1H. The average Bonchev–Trinajstić information content (AvgIpc) is 3.15. The zero-order chi connectivity index (χ0) is 16.7. The molecule has 25 heavy (non-hydrogen) atoms. The highest BCUT2D eigenvalue weighted by atomic mass is 79.9. The second-order valence-electron chi connectivity index (χ2n) is 5.72. The van der Waals surface area contributed by atoms with Gasteiger partial charge in [-0.25, -0.2) is 4.98 Å². The van der Waals surface area contributed by atoms with Crippen LogP contribution in [-0.2, 0) is 19.5 Å². The largest absolute Gasteiger partial charge is 0.312 e. The van der Waals surface area contributed by atoms with Crippen LogP contribution in [-0.4, -0.2) is 32.2 Å². The first-order chi connectivity index (χ1) is 11.7. The molecular formula is C16H18BrClN6O. The Labute approximate surface area is 159 Å². The number of hydrogen-bond acceptors (Lipinski definition) is 4. The number of amides is 1. The summed E-state index contributed by atoms with van der Waals surface area (Å²) in [6.07, 6.45) is 0.858. The normalized spacial score (nSPS) is 13.4. The number of aromatic nitrogens is 4. The zero-order valence-electron chi connectivity index (χ0n) is 13.6. The number of benzene rings is 1. The first-order valence-electron chi connectivity index (χ1n) is 7.91. The summed E-state index contributed by atoms with van der Waals surface area (Å²) in [5.41, 5.74) is 4.24. The molecule has 1 aliphatic rings. The summed E-state index contributed by atoms with van der Waals surface area (Å²) in [7, 11) is 0. The molecule has 3 N–H and O–H groups in total. The van der Waals surface area contributed by atoms with Gasteiger partial charge in [-0.15, -0.1) is 12.4 Å². The molecule has 1 aliphatic heterocycles. The van der Waals surface area contributed by atoms with Gasteiger partial charge in [0, 0.05) is 41.8 Å². The monoisotopic (exact) mass is 424 g/mol. The highest BCUT2D eigenvalue weighted by Gasteiger charge is 2.23. The Morgan fingerprint density at radius 3 is 3.08 bits per heavy atom. The molecule has 0 spiro atoms. The van der Waals surface area contributed by atoms with Gasteiger partial charge < -0.3 is 9.88 Å². The molecule has 1 aromatic carbocycles. The van der Waals surface area contributed by atoms with Crippen molar-refractivity contribution in [1.82, 2.24) is 25.1 Å². The van der Waals surface area contributed by atoms with E-state index in [4.69, 9.17) is 0 Å². The van der Waals surface area contributed by atoms with E-state index < -0.39 is 0 Å². The summed E-state index contributed by atoms with van der Waals surface area (Å²) in [6, 6.07) is 5.88. The number of halogens is 2. The fraction of sp³-hybridized carbons (Fsp3) is 0.312. The highest BCUT2D eigenvalue weighted by molar-refractivity contribution is 9.10. The van der Waals surface area contributed by atoms with Crippen LogP contribution in [0.15, 0.2) is 22.7 Å². The molecule has 0 atom stereocenters. The van der Waals surface area contributed by atoms with Crippen LogP contribution in [0.3, 0.4) is 0 Å². The predicted molar refractivity (Wildman–Crippen MR) is 102 cm³/mol. The lowest BCUT2D eigenvalue weighted by Gasteiger charge is -2.13. The third-order valence-electron chi connectivity index (χ3n) is 4.27. The zero-order valence-corrected chi connectivity index (χ0v) is 16.0. The van der Waals surface area contributed by atoms with Gasteiger partial charge >= 0.3 is 0 Å². The molecule has 0 radical (unpaired) electrons. The van der Waals surface area contributed by atoms with Crippen LogP contribution in [0.2, 0.25) is 0 Å². The maximum Gasteiger partial charge on any atom is 0.278 e. The number of carbonyl (C=O) groups is 1. The molecule has 3 aromatic rings. The van der Waals surface area contributed by atoms with E-state index in [9.17, 15) is 4.79 Å². The van der Waals surface area contributed by atoms with Crippen LogP contribution in [0.25, 0.3) is 11.0 Å². The van der Waals surface area contributed by atoms with Crippen LogP contribution in [0.5, 0.6) is 0 Å². The van der Waals surface area contributed by atoms with Crippen LogP contribution in [0.4, 0.5) is 5.95 Å². The summed E-state index contributed by atoms with van der Waals surface area (Å²) in [5.74, 6) is 0.302. The molecule has 0 aliphatic carbocycles. The van der Waals surface area contributed by atoms with Gasteiger partial charge in [0.25, 0.3) is 5.91 Å². The first-order valence-corrected chi connectivity index (χ1v) is 8.70. The number of aromatic amines is 1. The summed E-state index contributed by atoms with van der Waals surface area (Å²) < 4.78 is 2.96. The molecule has 0 saturated heterocycles. The van der Waals surface area contributed by atoms with E-state index in [0.29, 0.717) is 24.7 Å². The SMILES string of the molecule is CCn1c(NC(=O)c2n[nH]c3c2CNCC3)nc2ccc(Br)cc21.Cl. The molecule has 2 aromatic heterocycles. The first kappa shape index (κ1) is 17.9. The van der Waals surface area contributed by atoms with Gasteiger partial charge in [0.15, 0.2) is 5.69 Å². The summed E-state index contributed by atoms with van der Waals surface area (Å²) in [4.78, 5) is 17.2. The number of fused-ring (bicyclic) bond motifs is 2. The summed E-state index contributed by atoms with van der Waals surface area (Å²) >= 11 is 3.48. The lowest BCUT2D eigenvalue weighted by molar-refractivity contribution is 0.102. The fourth-order valence-corrected chi connectivity index (χ4v) is 3.43. The topological polar surface area (TPSA) is 87.6 Å². The average molecular weight is 426 g/mol. The Morgan fingerprint density at radius 2 is 2.28 bits per heavy atom. The van der Waals surface area contributed by atoms with Crippen molar-refractivity contribution in [1.29, 1.82) is 0 Å². The minimum Gasteiger partial charge on any atom is -0.312 e. The van der Waals surface area contributed by atoms with E-state index in [1.807, 2.05) is 29.7 Å². The molecular weight excluding hydrogens is 408 g/mol. The van der Waals surface area contributed by atoms with Crippen molar-refractivity contribution in [3.05, 3.63) is 39.6 Å². The number of H-pyrrole nitrogens is 1. The quantitative estimate of drug-likeness (QED) is 0.602. The van der Waals surface area contributed by atoms with Crippen molar-refractivity contribution in [2.75, 3.05) is 11.9 Å². The smallest absolute Gasteiger partial charge is 0.278 e. The Morgan fingerprint density at radius 1 is 1.44 bits per heavy atom. The molecule has 0 bridgehead atoms. The van der Waals surface area contributed by atoms with Crippen molar-refractivity contribution < 1.29 is 4.79 Å². The minimum absolute atomic E-state index is 0. The Kier molecular flexibility index (Phi) is 5.12. The molecule has 1 amide bonds. The minimum atomic E-state index is -0.236. The van der Waals surface area contributed by atoms with Crippen LogP contribution in [0.1, 0.15) is 28.7 Å². The molecule has 7 nitrogen and oxygen atoms in total. The molecule has 0 saturated carbocycles. The summed E-state index contributed by atoms with van der Waals surface area (Å²) in [6.45, 7) is 4.29. The van der Waals surface area contributed by atoms with E-state index in [1.54, 1.807) is 0 Å². The number of imidazole rings is 1. The second-order valence-corrected chi connectivity index (χ2v) is 6.64. The van der Waals surface area contributed by atoms with E-state index in [-0.39, 0.29) is 18.3 Å². The van der Waals surface area contributed by atoms with Crippen LogP contribution < -0.4 is 10.6 Å². The van der Waals surface area contributed by atoms with E-state index in [1.165, 1.54) is 0 Å². The number of hydrogen-bond donors (Lipinski definition) is 3. The number of nitrogens with zero attached hydrogens (tertiary/aromatic N) is 3. The number of rotatable bonds is 3. The van der Waals surface area contributed by atoms with Crippen molar-refractivity contribution in [2.24, 2.45) is 0 Å². The van der Waals surface area contributed by atoms with E-state index in [2.05, 4.69) is 41.7 Å². The number of carbonyl (C=O) groups excluding carboxylic acids is 1. The lowest BCUT2D eigenvalue weighted by atomic mass is 10.1. The molecule has 0 fully saturated rings. The number of anilines is 1. The third kappa shape index (κ3) is 3.17. The lowest BCUT2D eigenvalue weighted by Crippen LogP contribution is -2.25. The van der Waals surface area contributed by atoms with Gasteiger partial charge in [-0.05, 0) is 25.1 Å². The van der Waals surface area contributed by atoms with Gasteiger partial charge in [-0.3, -0.25) is 15.2 Å².